The number of carbonyl (C=O) groups is 1. The fourth-order valence-corrected chi connectivity index (χ4v) is 2.42. The molecule has 5 nitrogen and oxygen atoms in total. The molecule has 0 saturated heterocycles. The fraction of sp³-hybridized carbons (Fsp3) is 0.176. The molecule has 0 fully saturated rings. The smallest absolute Gasteiger partial charge is 0.277 e. The number of carbonyl (C=O) groups excluding carboxylic acids is 1. The van der Waals surface area contributed by atoms with E-state index in [2.05, 4.69) is 10.5 Å². The van der Waals surface area contributed by atoms with Crippen LogP contribution in [-0.2, 0) is 4.79 Å². The van der Waals surface area contributed by atoms with Crippen molar-refractivity contribution < 1.29 is 14.3 Å². The largest absolute Gasteiger partial charge is 0.497 e. The molecule has 0 bridgehead atoms. The maximum Gasteiger partial charge on any atom is 0.277 e. The lowest BCUT2D eigenvalue weighted by Crippen LogP contribution is -2.25. The van der Waals surface area contributed by atoms with Crippen LogP contribution in [0.3, 0.4) is 0 Å². The second-order valence-electron chi connectivity index (χ2n) is 4.95. The average Bonchev–Trinajstić information content (AvgIpc) is 2.61. The van der Waals surface area contributed by atoms with Gasteiger partial charge in [0.2, 0.25) is 0 Å². The molecule has 0 unspecified atom stereocenters. The first-order valence-corrected chi connectivity index (χ1v) is 8.29. The third kappa shape index (κ3) is 5.53. The summed E-state index contributed by atoms with van der Waals surface area (Å²) in [5.41, 5.74) is 3.91. The van der Waals surface area contributed by atoms with Crippen LogP contribution in [0, 0.1) is 0 Å². The zero-order chi connectivity index (χ0) is 18.4. The predicted octanol–water partition coefficient (Wildman–Crippen LogP) is 4.57. The van der Waals surface area contributed by atoms with Crippen LogP contribution in [0.1, 0.15) is 12.5 Å². The molecule has 0 aliphatic heterocycles. The van der Waals surface area contributed by atoms with E-state index in [0.717, 1.165) is 11.3 Å². The SMILES string of the molecule is COc1ccc(C(C)=NNC(=O)COc2cc(Cl)c(Cl)cc2Cl)cc1. The molecule has 0 heterocycles. The van der Waals surface area contributed by atoms with E-state index in [1.807, 2.05) is 24.3 Å². The van der Waals surface area contributed by atoms with Gasteiger partial charge in [-0.1, -0.05) is 34.8 Å². The Hall–Kier alpha value is -1.95. The summed E-state index contributed by atoms with van der Waals surface area (Å²) in [6.07, 6.45) is 0. The Kier molecular flexibility index (Phi) is 6.93. The standard InChI is InChI=1S/C17H15Cl3N2O3/c1-10(11-3-5-12(24-2)6-4-11)21-22-17(23)9-25-16-8-14(19)13(18)7-15(16)20/h3-8H,9H2,1-2H3,(H,22,23). The van der Waals surface area contributed by atoms with Crippen molar-refractivity contribution in [1.29, 1.82) is 0 Å². The van der Waals surface area contributed by atoms with E-state index in [9.17, 15) is 4.79 Å². The van der Waals surface area contributed by atoms with Crippen LogP contribution in [0.2, 0.25) is 15.1 Å². The topological polar surface area (TPSA) is 59.9 Å². The first kappa shape index (κ1) is 19.4. The van der Waals surface area contributed by atoms with Gasteiger partial charge in [-0.3, -0.25) is 4.79 Å². The number of ether oxygens (including phenoxy) is 2. The van der Waals surface area contributed by atoms with Gasteiger partial charge in [0.1, 0.15) is 11.5 Å². The van der Waals surface area contributed by atoms with E-state index in [0.29, 0.717) is 10.7 Å². The normalized spacial score (nSPS) is 11.2. The Morgan fingerprint density at radius 3 is 2.36 bits per heavy atom. The van der Waals surface area contributed by atoms with Gasteiger partial charge >= 0.3 is 0 Å². The summed E-state index contributed by atoms with van der Waals surface area (Å²) in [7, 11) is 1.59. The van der Waals surface area contributed by atoms with Crippen molar-refractivity contribution in [3.8, 4) is 11.5 Å². The molecule has 132 valence electrons. The lowest BCUT2D eigenvalue weighted by atomic mass is 10.1. The summed E-state index contributed by atoms with van der Waals surface area (Å²) in [4.78, 5) is 11.9. The second-order valence-corrected chi connectivity index (χ2v) is 6.17. The Balaban J connectivity index is 1.92. The minimum atomic E-state index is -0.435. The summed E-state index contributed by atoms with van der Waals surface area (Å²) in [6, 6.07) is 10.2. The molecular weight excluding hydrogens is 387 g/mol. The van der Waals surface area contributed by atoms with Gasteiger partial charge in [0.05, 0.1) is 27.9 Å². The van der Waals surface area contributed by atoms with Crippen molar-refractivity contribution >= 4 is 46.4 Å². The van der Waals surface area contributed by atoms with Crippen LogP contribution in [0.4, 0.5) is 0 Å². The molecule has 0 saturated carbocycles. The van der Waals surface area contributed by atoms with Crippen LogP contribution in [0.15, 0.2) is 41.5 Å². The highest BCUT2D eigenvalue weighted by Gasteiger charge is 2.09. The fourth-order valence-electron chi connectivity index (χ4n) is 1.83. The summed E-state index contributed by atoms with van der Waals surface area (Å²) >= 11 is 17.7. The van der Waals surface area contributed by atoms with Crippen molar-refractivity contribution in [1.82, 2.24) is 5.43 Å². The Bertz CT molecular complexity index is 792. The van der Waals surface area contributed by atoms with Crippen LogP contribution >= 0.6 is 34.8 Å². The molecule has 0 aliphatic rings. The van der Waals surface area contributed by atoms with Crippen molar-refractivity contribution in [2.24, 2.45) is 5.10 Å². The minimum absolute atomic E-state index is 0.264. The number of rotatable bonds is 6. The molecule has 1 amide bonds. The molecular formula is C17H15Cl3N2O3. The maximum atomic E-state index is 11.9. The maximum absolute atomic E-state index is 11.9. The molecule has 25 heavy (non-hydrogen) atoms. The number of hydrogen-bond acceptors (Lipinski definition) is 4. The number of nitrogens with one attached hydrogen (secondary N) is 1. The molecule has 2 aromatic rings. The molecule has 2 rings (SSSR count). The molecule has 0 aliphatic carbocycles. The minimum Gasteiger partial charge on any atom is -0.497 e. The van der Waals surface area contributed by atoms with Gasteiger partial charge in [0.25, 0.3) is 5.91 Å². The predicted molar refractivity (Wildman–Crippen MR) is 100 cm³/mol. The molecule has 0 aromatic heterocycles. The third-order valence-corrected chi connectivity index (χ3v) is 4.21. The van der Waals surface area contributed by atoms with Crippen molar-refractivity contribution in [3.05, 3.63) is 57.0 Å². The zero-order valence-corrected chi connectivity index (χ0v) is 15.7. The lowest BCUT2D eigenvalue weighted by Gasteiger charge is -2.09. The van der Waals surface area contributed by atoms with Gasteiger partial charge in [-0.2, -0.15) is 5.10 Å². The number of hydrazone groups is 1. The molecule has 0 atom stereocenters. The average molecular weight is 402 g/mol. The summed E-state index contributed by atoms with van der Waals surface area (Å²) < 4.78 is 10.4. The molecule has 8 heteroatoms. The monoisotopic (exact) mass is 400 g/mol. The number of hydrogen-bond donors (Lipinski definition) is 1. The van der Waals surface area contributed by atoms with Crippen LogP contribution < -0.4 is 14.9 Å². The van der Waals surface area contributed by atoms with E-state index in [1.54, 1.807) is 14.0 Å². The van der Waals surface area contributed by atoms with Crippen LogP contribution in [0.25, 0.3) is 0 Å². The van der Waals surface area contributed by atoms with E-state index < -0.39 is 5.91 Å². The van der Waals surface area contributed by atoms with E-state index in [4.69, 9.17) is 44.3 Å². The van der Waals surface area contributed by atoms with Gasteiger partial charge < -0.3 is 9.47 Å². The van der Waals surface area contributed by atoms with Gasteiger partial charge in [-0.15, -0.1) is 0 Å². The number of methoxy groups -OCH3 is 1. The zero-order valence-electron chi connectivity index (χ0n) is 13.5. The Labute approximate surface area is 160 Å². The van der Waals surface area contributed by atoms with E-state index in [-0.39, 0.29) is 22.4 Å². The molecule has 0 spiro atoms. The van der Waals surface area contributed by atoms with Gasteiger partial charge in [-0.05, 0) is 42.8 Å². The Morgan fingerprint density at radius 2 is 1.72 bits per heavy atom. The number of nitrogens with zero attached hydrogens (tertiary/aromatic N) is 1. The van der Waals surface area contributed by atoms with Crippen molar-refractivity contribution in [2.45, 2.75) is 6.92 Å². The first-order valence-electron chi connectivity index (χ1n) is 7.15. The highest BCUT2D eigenvalue weighted by atomic mass is 35.5. The summed E-state index contributed by atoms with van der Waals surface area (Å²) in [5.74, 6) is 0.574. The number of benzene rings is 2. The van der Waals surface area contributed by atoms with E-state index in [1.165, 1.54) is 12.1 Å². The van der Waals surface area contributed by atoms with E-state index >= 15 is 0 Å². The van der Waals surface area contributed by atoms with Crippen LogP contribution in [0.5, 0.6) is 11.5 Å². The quantitative estimate of drug-likeness (QED) is 0.438. The van der Waals surface area contributed by atoms with Gasteiger partial charge in [0, 0.05) is 6.07 Å². The van der Waals surface area contributed by atoms with Gasteiger partial charge in [0.15, 0.2) is 6.61 Å². The second kappa shape index (κ2) is 8.94. The summed E-state index contributed by atoms with van der Waals surface area (Å²) in [6.45, 7) is 1.51. The molecule has 2 aromatic carbocycles. The molecule has 1 N–H and O–H groups in total. The first-order chi connectivity index (χ1) is 11.9. The van der Waals surface area contributed by atoms with Crippen molar-refractivity contribution in [2.75, 3.05) is 13.7 Å². The lowest BCUT2D eigenvalue weighted by molar-refractivity contribution is -0.123. The summed E-state index contributed by atoms with van der Waals surface area (Å²) in [5, 5.41) is 4.89. The highest BCUT2D eigenvalue weighted by molar-refractivity contribution is 6.43. The highest BCUT2D eigenvalue weighted by Crippen LogP contribution is 2.33. The Morgan fingerprint density at radius 1 is 1.08 bits per heavy atom. The van der Waals surface area contributed by atoms with Crippen molar-refractivity contribution in [3.63, 3.8) is 0 Å². The third-order valence-electron chi connectivity index (χ3n) is 3.19. The number of halogens is 3. The molecule has 0 radical (unpaired) electrons. The number of amides is 1. The van der Waals surface area contributed by atoms with Gasteiger partial charge in [-0.25, -0.2) is 5.43 Å². The van der Waals surface area contributed by atoms with Crippen LogP contribution in [-0.4, -0.2) is 25.3 Å².